The van der Waals surface area contributed by atoms with Gasteiger partial charge in [-0.25, -0.2) is 4.79 Å². The lowest BCUT2D eigenvalue weighted by Crippen LogP contribution is -2.13. The summed E-state index contributed by atoms with van der Waals surface area (Å²) in [5.74, 6) is -1.05. The van der Waals surface area contributed by atoms with E-state index in [1.54, 1.807) is 29.6 Å². The predicted molar refractivity (Wildman–Crippen MR) is 109 cm³/mol. The molecule has 0 radical (unpaired) electrons. The zero-order chi connectivity index (χ0) is 21.0. The molecular weight excluding hydrogens is 396 g/mol. The number of nitrogens with zero attached hydrogens (tertiary/aromatic N) is 1. The van der Waals surface area contributed by atoms with E-state index in [4.69, 9.17) is 4.74 Å². The van der Waals surface area contributed by atoms with Crippen LogP contribution in [0.5, 0.6) is 5.75 Å². The van der Waals surface area contributed by atoms with Crippen molar-refractivity contribution in [3.63, 3.8) is 0 Å². The molecule has 1 heterocycles. The number of carbonyl (C=O) groups excluding carboxylic acids is 1. The third kappa shape index (κ3) is 4.41. The number of non-ortho nitro benzene ring substituents is 1. The Morgan fingerprint density at radius 3 is 2.34 bits per heavy atom. The fourth-order valence-electron chi connectivity index (χ4n) is 2.68. The molecule has 2 N–H and O–H groups in total. The van der Waals surface area contributed by atoms with Gasteiger partial charge in [-0.05, 0) is 36.8 Å². The van der Waals surface area contributed by atoms with Gasteiger partial charge in [0, 0.05) is 28.6 Å². The Morgan fingerprint density at radius 1 is 1.14 bits per heavy atom. The molecule has 9 heteroatoms. The van der Waals surface area contributed by atoms with Crippen molar-refractivity contribution in [2.75, 3.05) is 11.9 Å². The first-order valence-corrected chi connectivity index (χ1v) is 9.42. The summed E-state index contributed by atoms with van der Waals surface area (Å²) in [6, 6.07) is 12.1. The van der Waals surface area contributed by atoms with Crippen LogP contribution in [0.25, 0.3) is 11.1 Å². The van der Waals surface area contributed by atoms with Crippen molar-refractivity contribution in [3.05, 3.63) is 75.2 Å². The van der Waals surface area contributed by atoms with Crippen molar-refractivity contribution in [1.82, 2.24) is 0 Å². The number of hydrogen-bond acceptors (Lipinski definition) is 6. The largest absolute Gasteiger partial charge is 0.494 e. The third-order valence-electron chi connectivity index (χ3n) is 4.05. The molecule has 1 aromatic heterocycles. The fraction of sp³-hybridized carbons (Fsp3) is 0.100. The minimum Gasteiger partial charge on any atom is -0.494 e. The predicted octanol–water partition coefficient (Wildman–Crippen LogP) is 4.67. The van der Waals surface area contributed by atoms with E-state index in [-0.39, 0.29) is 21.8 Å². The van der Waals surface area contributed by atoms with E-state index >= 15 is 0 Å². The molecule has 0 aliphatic carbocycles. The minimum atomic E-state index is -1.17. The molecular formula is C20H16N2O6S. The number of rotatable bonds is 7. The van der Waals surface area contributed by atoms with Crippen molar-refractivity contribution in [2.45, 2.75) is 6.92 Å². The van der Waals surface area contributed by atoms with E-state index in [0.29, 0.717) is 23.5 Å². The van der Waals surface area contributed by atoms with E-state index in [0.717, 1.165) is 11.3 Å². The maximum absolute atomic E-state index is 12.4. The van der Waals surface area contributed by atoms with Crippen LogP contribution in [0.2, 0.25) is 0 Å². The van der Waals surface area contributed by atoms with Gasteiger partial charge in [-0.1, -0.05) is 12.1 Å². The molecule has 0 atom stereocenters. The Morgan fingerprint density at radius 2 is 1.79 bits per heavy atom. The number of aromatic carboxylic acids is 1. The van der Waals surface area contributed by atoms with Crippen LogP contribution in [0.1, 0.15) is 27.6 Å². The number of amides is 1. The summed E-state index contributed by atoms with van der Waals surface area (Å²) in [5, 5.41) is 24.8. The molecule has 8 nitrogen and oxygen atoms in total. The van der Waals surface area contributed by atoms with Crippen molar-refractivity contribution < 1.29 is 24.4 Å². The van der Waals surface area contributed by atoms with E-state index in [9.17, 15) is 24.8 Å². The number of thiophene rings is 1. The molecule has 0 bridgehead atoms. The van der Waals surface area contributed by atoms with Gasteiger partial charge in [-0.15, -0.1) is 11.3 Å². The van der Waals surface area contributed by atoms with Gasteiger partial charge in [0.1, 0.15) is 16.3 Å². The van der Waals surface area contributed by atoms with Gasteiger partial charge in [0.25, 0.3) is 11.6 Å². The number of carboxylic acids is 1. The molecule has 0 unspecified atom stereocenters. The summed E-state index contributed by atoms with van der Waals surface area (Å²) in [6.45, 7) is 2.40. The van der Waals surface area contributed by atoms with Crippen molar-refractivity contribution in [1.29, 1.82) is 0 Å². The van der Waals surface area contributed by atoms with Crippen LogP contribution >= 0.6 is 11.3 Å². The molecule has 1 amide bonds. The summed E-state index contributed by atoms with van der Waals surface area (Å²) in [6.07, 6.45) is 0. The van der Waals surface area contributed by atoms with Gasteiger partial charge in [-0.3, -0.25) is 14.9 Å². The molecule has 0 fully saturated rings. The second-order valence-corrected chi connectivity index (χ2v) is 6.75. The summed E-state index contributed by atoms with van der Waals surface area (Å²) in [5.41, 5.74) is 1.18. The molecule has 3 rings (SSSR count). The van der Waals surface area contributed by atoms with Gasteiger partial charge in [-0.2, -0.15) is 0 Å². The number of nitro benzene ring substituents is 1. The van der Waals surface area contributed by atoms with Gasteiger partial charge >= 0.3 is 5.97 Å². The maximum Gasteiger partial charge on any atom is 0.339 e. The fourth-order valence-corrected chi connectivity index (χ4v) is 3.64. The second-order valence-electron chi connectivity index (χ2n) is 5.87. The summed E-state index contributed by atoms with van der Waals surface area (Å²) >= 11 is 1.09. The standard InChI is InChI=1S/C20H16N2O6S/c1-2-28-15-9-5-12(6-10-15)16-11-29-19(17(16)20(24)25)21-18(23)13-3-7-14(8-4-13)22(26)27/h3-11H,2H2,1H3,(H,21,23)(H,24,25). The first-order valence-electron chi connectivity index (χ1n) is 8.54. The Balaban J connectivity index is 1.87. The van der Waals surface area contributed by atoms with Crippen LogP contribution in [0.15, 0.2) is 53.9 Å². The van der Waals surface area contributed by atoms with Gasteiger partial charge in [0.2, 0.25) is 0 Å². The minimum absolute atomic E-state index is 0.0191. The van der Waals surface area contributed by atoms with Crippen molar-refractivity contribution in [3.8, 4) is 16.9 Å². The van der Waals surface area contributed by atoms with Crippen LogP contribution < -0.4 is 10.1 Å². The molecule has 3 aromatic rings. The Bertz CT molecular complexity index is 1060. The lowest BCUT2D eigenvalue weighted by molar-refractivity contribution is -0.384. The van der Waals surface area contributed by atoms with Gasteiger partial charge in [0.15, 0.2) is 0 Å². The molecule has 0 saturated carbocycles. The van der Waals surface area contributed by atoms with E-state index in [1.807, 2.05) is 6.92 Å². The summed E-state index contributed by atoms with van der Waals surface area (Å²) < 4.78 is 5.39. The normalized spacial score (nSPS) is 10.4. The molecule has 148 valence electrons. The highest BCUT2D eigenvalue weighted by molar-refractivity contribution is 7.15. The molecule has 0 aliphatic rings. The van der Waals surface area contributed by atoms with Crippen molar-refractivity contribution >= 4 is 33.9 Å². The highest BCUT2D eigenvalue weighted by Crippen LogP contribution is 2.36. The first kappa shape index (κ1) is 20.0. The summed E-state index contributed by atoms with van der Waals surface area (Å²) in [7, 11) is 0. The lowest BCUT2D eigenvalue weighted by Gasteiger charge is -2.07. The highest BCUT2D eigenvalue weighted by atomic mass is 32.1. The number of carboxylic acid groups (broad SMARTS) is 1. The lowest BCUT2D eigenvalue weighted by atomic mass is 10.0. The highest BCUT2D eigenvalue weighted by Gasteiger charge is 2.22. The number of nitro groups is 1. The van der Waals surface area contributed by atoms with Gasteiger partial charge < -0.3 is 15.2 Å². The topological polar surface area (TPSA) is 119 Å². The average Bonchev–Trinajstić information content (AvgIpc) is 3.12. The first-order chi connectivity index (χ1) is 13.9. The second kappa shape index (κ2) is 8.53. The zero-order valence-corrected chi connectivity index (χ0v) is 16.1. The molecule has 0 aliphatic heterocycles. The molecule has 29 heavy (non-hydrogen) atoms. The smallest absolute Gasteiger partial charge is 0.339 e. The number of carbonyl (C=O) groups is 2. The molecule has 2 aromatic carbocycles. The maximum atomic E-state index is 12.4. The quantitative estimate of drug-likeness (QED) is 0.430. The van der Waals surface area contributed by atoms with Crippen LogP contribution in [0.4, 0.5) is 10.7 Å². The Hall–Kier alpha value is -3.72. The van der Waals surface area contributed by atoms with Crippen LogP contribution in [0, 0.1) is 10.1 Å². The number of benzene rings is 2. The Kier molecular flexibility index (Phi) is 5.89. The number of nitrogens with one attached hydrogen (secondary N) is 1. The number of hydrogen-bond donors (Lipinski definition) is 2. The van der Waals surface area contributed by atoms with Crippen molar-refractivity contribution in [2.24, 2.45) is 0 Å². The summed E-state index contributed by atoms with van der Waals surface area (Å²) in [4.78, 5) is 34.4. The third-order valence-corrected chi connectivity index (χ3v) is 4.94. The SMILES string of the molecule is CCOc1ccc(-c2csc(NC(=O)c3ccc([N+](=O)[O-])cc3)c2C(=O)O)cc1. The zero-order valence-electron chi connectivity index (χ0n) is 15.2. The number of ether oxygens (including phenoxy) is 1. The molecule has 0 saturated heterocycles. The van der Waals surface area contributed by atoms with E-state index in [2.05, 4.69) is 5.32 Å². The average molecular weight is 412 g/mol. The monoisotopic (exact) mass is 412 g/mol. The Labute approximate surface area is 169 Å². The number of anilines is 1. The van der Waals surface area contributed by atoms with Crippen LogP contribution in [-0.4, -0.2) is 28.5 Å². The van der Waals surface area contributed by atoms with Crippen LogP contribution in [0.3, 0.4) is 0 Å². The molecule has 0 spiro atoms. The van der Waals surface area contributed by atoms with E-state index < -0.39 is 16.8 Å². The van der Waals surface area contributed by atoms with Gasteiger partial charge in [0.05, 0.1) is 11.5 Å². The van der Waals surface area contributed by atoms with E-state index in [1.165, 1.54) is 24.3 Å². The van der Waals surface area contributed by atoms with Crippen LogP contribution in [-0.2, 0) is 0 Å².